The van der Waals surface area contributed by atoms with Crippen LogP contribution in [0.5, 0.6) is 0 Å². The molecule has 1 aromatic heterocycles. The molecule has 0 spiro atoms. The molecule has 0 bridgehead atoms. The summed E-state index contributed by atoms with van der Waals surface area (Å²) in [4.78, 5) is 0. The SMILES string of the molecule is CCCNC(CCc1ccsc1)c1ccc(Br)cc1C. The molecular weight excluding hydrogens is 330 g/mol. The van der Waals surface area contributed by atoms with Crippen molar-refractivity contribution in [3.8, 4) is 0 Å². The van der Waals surface area contributed by atoms with Gasteiger partial charge < -0.3 is 5.32 Å². The van der Waals surface area contributed by atoms with Crippen LogP contribution in [0.2, 0.25) is 0 Å². The Hall–Kier alpha value is -0.640. The molecule has 2 rings (SSSR count). The maximum Gasteiger partial charge on any atom is 0.0326 e. The van der Waals surface area contributed by atoms with Gasteiger partial charge >= 0.3 is 0 Å². The van der Waals surface area contributed by atoms with Gasteiger partial charge in [0.2, 0.25) is 0 Å². The van der Waals surface area contributed by atoms with Gasteiger partial charge in [-0.3, -0.25) is 0 Å². The Kier molecular flexibility index (Phi) is 6.27. The molecule has 0 aliphatic rings. The Bertz CT molecular complexity index is 522. The molecule has 0 amide bonds. The third-order valence-corrected chi connectivity index (χ3v) is 4.78. The van der Waals surface area contributed by atoms with E-state index in [2.05, 4.69) is 70.1 Å². The zero-order valence-electron chi connectivity index (χ0n) is 12.2. The van der Waals surface area contributed by atoms with E-state index < -0.39 is 0 Å². The lowest BCUT2D eigenvalue weighted by Gasteiger charge is -2.21. The van der Waals surface area contributed by atoms with E-state index in [0.717, 1.165) is 23.9 Å². The minimum atomic E-state index is 0.447. The van der Waals surface area contributed by atoms with Gasteiger partial charge in [-0.05, 0) is 78.4 Å². The Morgan fingerprint density at radius 1 is 1.30 bits per heavy atom. The van der Waals surface area contributed by atoms with E-state index in [-0.39, 0.29) is 0 Å². The van der Waals surface area contributed by atoms with Crippen molar-refractivity contribution in [2.24, 2.45) is 0 Å². The highest BCUT2D eigenvalue weighted by molar-refractivity contribution is 9.10. The minimum Gasteiger partial charge on any atom is -0.310 e. The number of nitrogens with one attached hydrogen (secondary N) is 1. The average molecular weight is 352 g/mol. The molecule has 1 N–H and O–H groups in total. The molecule has 1 aromatic carbocycles. The summed E-state index contributed by atoms with van der Waals surface area (Å²) in [5.74, 6) is 0. The highest BCUT2D eigenvalue weighted by Gasteiger charge is 2.13. The largest absolute Gasteiger partial charge is 0.310 e. The summed E-state index contributed by atoms with van der Waals surface area (Å²) in [5, 5.41) is 8.11. The molecule has 1 unspecified atom stereocenters. The van der Waals surface area contributed by atoms with Crippen LogP contribution in [0.15, 0.2) is 39.5 Å². The molecule has 0 aliphatic carbocycles. The first-order chi connectivity index (χ1) is 9.70. The summed E-state index contributed by atoms with van der Waals surface area (Å²) >= 11 is 5.33. The van der Waals surface area contributed by atoms with Gasteiger partial charge in [-0.25, -0.2) is 0 Å². The number of aryl methyl sites for hydroxylation is 2. The fourth-order valence-electron chi connectivity index (χ4n) is 2.46. The number of hydrogen-bond donors (Lipinski definition) is 1. The summed E-state index contributed by atoms with van der Waals surface area (Å²) in [6.07, 6.45) is 3.46. The van der Waals surface area contributed by atoms with E-state index >= 15 is 0 Å². The fourth-order valence-corrected chi connectivity index (χ4v) is 3.64. The maximum absolute atomic E-state index is 3.70. The van der Waals surface area contributed by atoms with Crippen molar-refractivity contribution in [1.29, 1.82) is 0 Å². The van der Waals surface area contributed by atoms with Crippen LogP contribution in [0.1, 0.15) is 42.5 Å². The van der Waals surface area contributed by atoms with E-state index in [1.54, 1.807) is 11.3 Å². The van der Waals surface area contributed by atoms with Gasteiger partial charge in [-0.2, -0.15) is 11.3 Å². The van der Waals surface area contributed by atoms with E-state index in [1.165, 1.54) is 23.1 Å². The number of halogens is 1. The number of thiophene rings is 1. The van der Waals surface area contributed by atoms with Gasteiger partial charge in [0.25, 0.3) is 0 Å². The van der Waals surface area contributed by atoms with Crippen LogP contribution >= 0.6 is 27.3 Å². The van der Waals surface area contributed by atoms with E-state index in [0.29, 0.717) is 6.04 Å². The molecule has 1 nitrogen and oxygen atoms in total. The molecule has 2 aromatic rings. The van der Waals surface area contributed by atoms with Crippen molar-refractivity contribution in [3.63, 3.8) is 0 Å². The van der Waals surface area contributed by atoms with E-state index in [9.17, 15) is 0 Å². The van der Waals surface area contributed by atoms with Crippen molar-refractivity contribution in [2.45, 2.75) is 39.2 Å². The molecule has 20 heavy (non-hydrogen) atoms. The standard InChI is InChI=1S/C17H22BrNS/c1-3-9-19-17(7-4-14-8-10-20-12-14)16-6-5-15(18)11-13(16)2/h5-6,8,10-12,17,19H,3-4,7,9H2,1-2H3. The number of benzene rings is 1. The third kappa shape index (κ3) is 4.44. The smallest absolute Gasteiger partial charge is 0.0326 e. The molecule has 3 heteroatoms. The van der Waals surface area contributed by atoms with Crippen LogP contribution in [-0.2, 0) is 6.42 Å². The van der Waals surface area contributed by atoms with Gasteiger partial charge in [0.15, 0.2) is 0 Å². The fraction of sp³-hybridized carbons (Fsp3) is 0.412. The molecule has 0 saturated heterocycles. The van der Waals surface area contributed by atoms with Gasteiger partial charge in [0, 0.05) is 10.5 Å². The second-order valence-corrected chi connectivity index (χ2v) is 6.87. The summed E-state index contributed by atoms with van der Waals surface area (Å²) in [6.45, 7) is 5.49. The average Bonchev–Trinajstić information content (AvgIpc) is 2.93. The zero-order valence-corrected chi connectivity index (χ0v) is 14.6. The topological polar surface area (TPSA) is 12.0 Å². The summed E-state index contributed by atoms with van der Waals surface area (Å²) < 4.78 is 1.16. The van der Waals surface area contributed by atoms with Crippen LogP contribution in [0.3, 0.4) is 0 Å². The third-order valence-electron chi connectivity index (χ3n) is 3.55. The first kappa shape index (κ1) is 15.7. The summed E-state index contributed by atoms with van der Waals surface area (Å²) in [6, 6.07) is 9.28. The highest BCUT2D eigenvalue weighted by Crippen LogP contribution is 2.25. The molecule has 0 saturated carbocycles. The predicted octanol–water partition coefficient (Wildman–Crippen LogP) is 5.49. The Morgan fingerprint density at radius 3 is 2.80 bits per heavy atom. The number of hydrogen-bond acceptors (Lipinski definition) is 2. The first-order valence-electron chi connectivity index (χ1n) is 7.21. The van der Waals surface area contributed by atoms with Crippen LogP contribution in [0.25, 0.3) is 0 Å². The quantitative estimate of drug-likeness (QED) is 0.694. The Labute approximate surface area is 134 Å². The normalized spacial score (nSPS) is 12.6. The lowest BCUT2D eigenvalue weighted by atomic mass is 9.96. The first-order valence-corrected chi connectivity index (χ1v) is 8.94. The lowest BCUT2D eigenvalue weighted by molar-refractivity contribution is 0.497. The van der Waals surface area contributed by atoms with Crippen molar-refractivity contribution in [2.75, 3.05) is 6.54 Å². The molecule has 108 valence electrons. The summed E-state index contributed by atoms with van der Waals surface area (Å²) in [5.41, 5.74) is 4.24. The predicted molar refractivity (Wildman–Crippen MR) is 92.6 cm³/mol. The van der Waals surface area contributed by atoms with E-state index in [1.807, 2.05) is 0 Å². The van der Waals surface area contributed by atoms with Gasteiger partial charge in [-0.1, -0.05) is 28.9 Å². The van der Waals surface area contributed by atoms with Crippen LogP contribution in [0.4, 0.5) is 0 Å². The maximum atomic E-state index is 3.70. The minimum absolute atomic E-state index is 0.447. The number of rotatable bonds is 7. The highest BCUT2D eigenvalue weighted by atomic mass is 79.9. The van der Waals surface area contributed by atoms with Crippen LogP contribution in [-0.4, -0.2) is 6.54 Å². The molecule has 0 fully saturated rings. The van der Waals surface area contributed by atoms with Gasteiger partial charge in [0.1, 0.15) is 0 Å². The van der Waals surface area contributed by atoms with Crippen LogP contribution < -0.4 is 5.32 Å². The van der Waals surface area contributed by atoms with Gasteiger partial charge in [0.05, 0.1) is 0 Å². The van der Waals surface area contributed by atoms with Crippen molar-refractivity contribution in [1.82, 2.24) is 5.32 Å². The lowest BCUT2D eigenvalue weighted by Crippen LogP contribution is -2.23. The Morgan fingerprint density at radius 2 is 2.15 bits per heavy atom. The van der Waals surface area contributed by atoms with Crippen molar-refractivity contribution >= 4 is 27.3 Å². The molecule has 0 aliphatic heterocycles. The Balaban J connectivity index is 2.09. The van der Waals surface area contributed by atoms with Gasteiger partial charge in [-0.15, -0.1) is 0 Å². The molecule has 1 atom stereocenters. The summed E-state index contributed by atoms with van der Waals surface area (Å²) in [7, 11) is 0. The second-order valence-electron chi connectivity index (χ2n) is 5.18. The molecule has 0 radical (unpaired) electrons. The van der Waals surface area contributed by atoms with Crippen molar-refractivity contribution in [3.05, 3.63) is 56.2 Å². The molecule has 1 heterocycles. The second kappa shape index (κ2) is 7.96. The monoisotopic (exact) mass is 351 g/mol. The van der Waals surface area contributed by atoms with E-state index in [4.69, 9.17) is 0 Å². The van der Waals surface area contributed by atoms with Crippen molar-refractivity contribution < 1.29 is 0 Å². The molecular formula is C17H22BrNS. The van der Waals surface area contributed by atoms with Crippen LogP contribution in [0, 0.1) is 6.92 Å². The zero-order chi connectivity index (χ0) is 14.4.